The molecule has 0 spiro atoms. The predicted molar refractivity (Wildman–Crippen MR) is 113 cm³/mol. The lowest BCUT2D eigenvalue weighted by Crippen LogP contribution is -2.14. The van der Waals surface area contributed by atoms with Crippen molar-refractivity contribution in [2.45, 2.75) is 12.1 Å². The molecule has 0 unspecified atom stereocenters. The fourth-order valence-electron chi connectivity index (χ4n) is 2.28. The van der Waals surface area contributed by atoms with Crippen LogP contribution in [0.5, 0.6) is 0 Å². The maximum absolute atomic E-state index is 12.2. The van der Waals surface area contributed by atoms with E-state index in [0.29, 0.717) is 25.9 Å². The first-order chi connectivity index (χ1) is 12.9. The number of thioether (sulfide) groups is 1. The highest BCUT2D eigenvalue weighted by molar-refractivity contribution is 7.99. The van der Waals surface area contributed by atoms with Crippen molar-refractivity contribution in [3.63, 3.8) is 0 Å². The lowest BCUT2D eigenvalue weighted by Gasteiger charge is -2.08. The van der Waals surface area contributed by atoms with Crippen LogP contribution in [0.1, 0.15) is 5.69 Å². The van der Waals surface area contributed by atoms with E-state index in [-0.39, 0.29) is 11.7 Å². The van der Waals surface area contributed by atoms with Gasteiger partial charge in [-0.1, -0.05) is 58.7 Å². The van der Waals surface area contributed by atoms with Crippen molar-refractivity contribution in [1.82, 2.24) is 9.97 Å². The zero-order valence-corrected chi connectivity index (χ0v) is 17.3. The molecule has 0 saturated heterocycles. The fraction of sp³-hybridized carbons (Fsp3) is 0.105. The van der Waals surface area contributed by atoms with Crippen LogP contribution in [0.4, 0.5) is 5.69 Å². The molecule has 8 heteroatoms. The summed E-state index contributed by atoms with van der Waals surface area (Å²) in [5.41, 5.74) is 3.13. The lowest BCUT2D eigenvalue weighted by molar-refractivity contribution is -0.113. The summed E-state index contributed by atoms with van der Waals surface area (Å²) in [6.45, 7) is 1.89. The smallest absolute Gasteiger partial charge is 0.234 e. The van der Waals surface area contributed by atoms with Crippen molar-refractivity contribution in [2.75, 3.05) is 11.1 Å². The van der Waals surface area contributed by atoms with Crippen molar-refractivity contribution in [3.05, 3.63) is 69.3 Å². The number of aromatic nitrogens is 2. The van der Waals surface area contributed by atoms with E-state index in [9.17, 15) is 4.79 Å². The molecule has 2 aromatic carbocycles. The quantitative estimate of drug-likeness (QED) is 0.384. The van der Waals surface area contributed by atoms with Crippen LogP contribution in [-0.4, -0.2) is 21.6 Å². The number of rotatable bonds is 5. The monoisotopic (exact) mass is 437 g/mol. The Labute approximate surface area is 176 Å². The van der Waals surface area contributed by atoms with Gasteiger partial charge in [0.15, 0.2) is 5.16 Å². The Bertz CT molecular complexity index is 980. The molecule has 4 nitrogen and oxygen atoms in total. The molecule has 1 aromatic heterocycles. The van der Waals surface area contributed by atoms with Crippen LogP contribution >= 0.6 is 46.6 Å². The SMILES string of the molecule is Cc1cc(-c2ccc(Cl)cc2)nc(SCC(=O)Nc2ccc(Cl)c(Cl)c2)n1. The van der Waals surface area contributed by atoms with Crippen LogP contribution in [0.15, 0.2) is 53.7 Å². The number of hydrogen-bond donors (Lipinski definition) is 1. The van der Waals surface area contributed by atoms with Gasteiger partial charge >= 0.3 is 0 Å². The molecule has 0 atom stereocenters. The Balaban J connectivity index is 1.67. The Morgan fingerprint density at radius 3 is 2.44 bits per heavy atom. The van der Waals surface area contributed by atoms with Crippen LogP contribution in [0, 0.1) is 6.92 Å². The zero-order chi connectivity index (χ0) is 19.4. The molecule has 3 aromatic rings. The minimum Gasteiger partial charge on any atom is -0.325 e. The highest BCUT2D eigenvalue weighted by Gasteiger charge is 2.10. The van der Waals surface area contributed by atoms with Crippen molar-refractivity contribution < 1.29 is 4.79 Å². The summed E-state index contributed by atoms with van der Waals surface area (Å²) < 4.78 is 0. The topological polar surface area (TPSA) is 54.9 Å². The number of anilines is 1. The van der Waals surface area contributed by atoms with E-state index in [2.05, 4.69) is 15.3 Å². The average Bonchev–Trinajstić information content (AvgIpc) is 2.63. The van der Waals surface area contributed by atoms with Gasteiger partial charge in [0, 0.05) is 22.0 Å². The number of hydrogen-bond acceptors (Lipinski definition) is 4. The molecule has 0 fully saturated rings. The fourth-order valence-corrected chi connectivity index (χ4v) is 3.40. The van der Waals surface area contributed by atoms with Gasteiger partial charge in [0.2, 0.25) is 5.91 Å². The molecule has 1 N–H and O–H groups in total. The van der Waals surface area contributed by atoms with E-state index in [1.165, 1.54) is 11.8 Å². The van der Waals surface area contributed by atoms with Crippen molar-refractivity contribution >= 4 is 58.2 Å². The first-order valence-electron chi connectivity index (χ1n) is 7.90. The standard InChI is InChI=1S/C19H14Cl3N3OS/c1-11-8-17(12-2-4-13(20)5-3-12)25-19(23-11)27-10-18(26)24-14-6-7-15(21)16(22)9-14/h2-9H,10H2,1H3,(H,24,26). The van der Waals surface area contributed by atoms with Gasteiger partial charge in [0.1, 0.15) is 0 Å². The number of nitrogens with one attached hydrogen (secondary N) is 1. The maximum Gasteiger partial charge on any atom is 0.234 e. The summed E-state index contributed by atoms with van der Waals surface area (Å²) in [6.07, 6.45) is 0. The van der Waals surface area contributed by atoms with Gasteiger partial charge in [-0.15, -0.1) is 0 Å². The Morgan fingerprint density at radius 2 is 1.74 bits per heavy atom. The minimum absolute atomic E-state index is 0.170. The molecule has 1 amide bonds. The Hall–Kier alpha value is -1.79. The maximum atomic E-state index is 12.2. The number of carbonyl (C=O) groups is 1. The van der Waals surface area contributed by atoms with E-state index < -0.39 is 0 Å². The van der Waals surface area contributed by atoms with Gasteiger partial charge < -0.3 is 5.32 Å². The molecule has 3 rings (SSSR count). The second kappa shape index (κ2) is 8.93. The van der Waals surface area contributed by atoms with Gasteiger partial charge in [-0.2, -0.15) is 0 Å². The molecule has 27 heavy (non-hydrogen) atoms. The van der Waals surface area contributed by atoms with E-state index in [1.54, 1.807) is 18.2 Å². The first-order valence-corrected chi connectivity index (χ1v) is 10.0. The third-order valence-corrected chi connectivity index (χ3v) is 5.35. The molecule has 138 valence electrons. The number of carbonyl (C=O) groups excluding carboxylic acids is 1. The second-order valence-corrected chi connectivity index (χ2v) is 7.84. The third-order valence-electron chi connectivity index (χ3n) is 3.51. The van der Waals surface area contributed by atoms with Crippen LogP contribution in [-0.2, 0) is 4.79 Å². The molecule has 0 radical (unpaired) electrons. The summed E-state index contributed by atoms with van der Waals surface area (Å²) >= 11 is 19.0. The molecular weight excluding hydrogens is 425 g/mol. The molecule has 0 saturated carbocycles. The summed E-state index contributed by atoms with van der Waals surface area (Å²) in [5.74, 6) is -0.0134. The summed E-state index contributed by atoms with van der Waals surface area (Å²) in [7, 11) is 0. The first kappa shape index (κ1) is 20.0. The van der Waals surface area contributed by atoms with Gasteiger partial charge in [0.25, 0.3) is 0 Å². The summed E-state index contributed by atoms with van der Waals surface area (Å²) in [4.78, 5) is 21.1. The van der Waals surface area contributed by atoms with Crippen LogP contribution in [0.25, 0.3) is 11.3 Å². The van der Waals surface area contributed by atoms with Crippen molar-refractivity contribution in [2.24, 2.45) is 0 Å². The Morgan fingerprint density at radius 1 is 1.00 bits per heavy atom. The largest absolute Gasteiger partial charge is 0.325 e. The lowest BCUT2D eigenvalue weighted by atomic mass is 10.1. The molecule has 0 aliphatic carbocycles. The highest BCUT2D eigenvalue weighted by Crippen LogP contribution is 2.26. The van der Waals surface area contributed by atoms with Gasteiger partial charge in [-0.05, 0) is 43.3 Å². The number of aryl methyl sites for hydroxylation is 1. The molecule has 1 heterocycles. The summed E-state index contributed by atoms with van der Waals surface area (Å²) in [5, 5.41) is 4.79. The van der Waals surface area contributed by atoms with E-state index in [4.69, 9.17) is 34.8 Å². The second-order valence-electron chi connectivity index (χ2n) is 5.65. The molecule has 0 aliphatic heterocycles. The van der Waals surface area contributed by atoms with E-state index in [1.807, 2.05) is 37.3 Å². The van der Waals surface area contributed by atoms with Crippen LogP contribution in [0.2, 0.25) is 15.1 Å². The van der Waals surface area contributed by atoms with Crippen molar-refractivity contribution in [1.29, 1.82) is 0 Å². The molecular formula is C19H14Cl3N3OS. The highest BCUT2D eigenvalue weighted by atomic mass is 35.5. The number of benzene rings is 2. The van der Waals surface area contributed by atoms with E-state index >= 15 is 0 Å². The zero-order valence-electron chi connectivity index (χ0n) is 14.2. The van der Waals surface area contributed by atoms with Crippen molar-refractivity contribution in [3.8, 4) is 11.3 Å². The van der Waals surface area contributed by atoms with Crippen LogP contribution in [0.3, 0.4) is 0 Å². The average molecular weight is 439 g/mol. The summed E-state index contributed by atoms with van der Waals surface area (Å²) in [6, 6.07) is 14.2. The number of amides is 1. The number of nitrogens with zero attached hydrogens (tertiary/aromatic N) is 2. The number of halogens is 3. The predicted octanol–water partition coefficient (Wildman–Crippen LogP) is 6.14. The molecule has 0 bridgehead atoms. The van der Waals surface area contributed by atoms with Gasteiger partial charge in [-0.3, -0.25) is 4.79 Å². The van der Waals surface area contributed by atoms with Gasteiger partial charge in [0.05, 0.1) is 21.5 Å². The van der Waals surface area contributed by atoms with Gasteiger partial charge in [-0.25, -0.2) is 9.97 Å². The third kappa shape index (κ3) is 5.59. The Kier molecular flexibility index (Phi) is 6.60. The molecule has 0 aliphatic rings. The minimum atomic E-state index is -0.184. The normalized spacial score (nSPS) is 10.7. The van der Waals surface area contributed by atoms with Crippen LogP contribution < -0.4 is 5.32 Å². The van der Waals surface area contributed by atoms with E-state index in [0.717, 1.165) is 17.0 Å².